The minimum absolute atomic E-state index is 0.0986. The first-order valence-corrected chi connectivity index (χ1v) is 8.31. The Bertz CT molecular complexity index is 558. The van der Waals surface area contributed by atoms with Crippen LogP contribution in [0.15, 0.2) is 30.4 Å². The first-order chi connectivity index (χ1) is 11.0. The number of phenols is 1. The average Bonchev–Trinajstić information content (AvgIpc) is 2.55. The highest BCUT2D eigenvalue weighted by molar-refractivity contribution is 5.79. The van der Waals surface area contributed by atoms with E-state index in [-0.39, 0.29) is 11.7 Å². The molecule has 0 saturated carbocycles. The van der Waals surface area contributed by atoms with Crippen molar-refractivity contribution in [3.63, 3.8) is 0 Å². The van der Waals surface area contributed by atoms with Crippen molar-refractivity contribution in [2.75, 3.05) is 20.2 Å². The van der Waals surface area contributed by atoms with E-state index in [0.717, 1.165) is 31.5 Å². The summed E-state index contributed by atoms with van der Waals surface area (Å²) in [6, 6.07) is 5.07. The standard InChI is InChI=1S/C19H27NO3/c1-14(2)4-5-15-8-10-20(11-9-15)19(22)13-16-6-7-17(21)18(12-16)23-3/h4-7,12,14-15,21H,8-11,13H2,1-3H3/b5-4+. The first kappa shape index (κ1) is 17.4. The lowest BCUT2D eigenvalue weighted by Gasteiger charge is -2.31. The van der Waals surface area contributed by atoms with Crippen molar-refractivity contribution in [3.8, 4) is 11.5 Å². The maximum absolute atomic E-state index is 12.4. The number of allylic oxidation sites excluding steroid dienone is 2. The third-order valence-corrected chi connectivity index (χ3v) is 4.26. The van der Waals surface area contributed by atoms with Crippen LogP contribution in [0, 0.1) is 11.8 Å². The Balaban J connectivity index is 1.88. The van der Waals surface area contributed by atoms with E-state index in [1.807, 2.05) is 4.90 Å². The first-order valence-electron chi connectivity index (χ1n) is 8.31. The van der Waals surface area contributed by atoms with Crippen LogP contribution in [0.2, 0.25) is 0 Å². The third kappa shape index (κ3) is 5.02. The molecule has 4 nitrogen and oxygen atoms in total. The molecule has 1 amide bonds. The van der Waals surface area contributed by atoms with Crippen LogP contribution in [0.1, 0.15) is 32.3 Å². The number of carbonyl (C=O) groups is 1. The van der Waals surface area contributed by atoms with Gasteiger partial charge in [-0.3, -0.25) is 4.79 Å². The molecule has 4 heteroatoms. The Labute approximate surface area is 138 Å². The number of carbonyl (C=O) groups excluding carboxylic acids is 1. The Hall–Kier alpha value is -1.97. The summed E-state index contributed by atoms with van der Waals surface area (Å²) in [4.78, 5) is 14.4. The number of benzene rings is 1. The maximum atomic E-state index is 12.4. The largest absolute Gasteiger partial charge is 0.504 e. The van der Waals surface area contributed by atoms with Crippen LogP contribution >= 0.6 is 0 Å². The average molecular weight is 317 g/mol. The van der Waals surface area contributed by atoms with Gasteiger partial charge in [0.1, 0.15) is 0 Å². The van der Waals surface area contributed by atoms with Crippen molar-refractivity contribution in [1.82, 2.24) is 4.90 Å². The second kappa shape index (κ2) is 8.04. The molecule has 1 aliphatic rings. The number of phenolic OH excluding ortho intramolecular Hbond substituents is 1. The zero-order chi connectivity index (χ0) is 16.8. The second-order valence-corrected chi connectivity index (χ2v) is 6.53. The number of nitrogens with zero attached hydrogens (tertiary/aromatic N) is 1. The Kier molecular flexibility index (Phi) is 6.08. The molecule has 126 valence electrons. The van der Waals surface area contributed by atoms with Gasteiger partial charge in [0.15, 0.2) is 11.5 Å². The molecule has 1 aromatic carbocycles. The molecular weight excluding hydrogens is 290 g/mol. The Morgan fingerprint density at radius 2 is 2.09 bits per heavy atom. The van der Waals surface area contributed by atoms with E-state index in [9.17, 15) is 9.90 Å². The van der Waals surface area contributed by atoms with Crippen LogP contribution in [0.3, 0.4) is 0 Å². The van der Waals surface area contributed by atoms with Gasteiger partial charge in [-0.1, -0.05) is 32.1 Å². The number of hydrogen-bond acceptors (Lipinski definition) is 3. The van der Waals surface area contributed by atoms with Crippen molar-refractivity contribution < 1.29 is 14.6 Å². The molecule has 2 rings (SSSR count). The normalized spacial score (nSPS) is 16.3. The number of piperidine rings is 1. The molecule has 1 aromatic rings. The fourth-order valence-electron chi connectivity index (χ4n) is 2.84. The number of rotatable bonds is 5. The summed E-state index contributed by atoms with van der Waals surface area (Å²) in [6.45, 7) is 6.00. The quantitative estimate of drug-likeness (QED) is 0.847. The molecule has 23 heavy (non-hydrogen) atoms. The van der Waals surface area contributed by atoms with Crippen LogP contribution in [0.5, 0.6) is 11.5 Å². The SMILES string of the molecule is COc1cc(CC(=O)N2CCC(/C=C/C(C)C)CC2)ccc1O. The van der Waals surface area contributed by atoms with Gasteiger partial charge in [-0.25, -0.2) is 0 Å². The number of aromatic hydroxyl groups is 1. The van der Waals surface area contributed by atoms with Gasteiger partial charge < -0.3 is 14.7 Å². The zero-order valence-corrected chi connectivity index (χ0v) is 14.3. The third-order valence-electron chi connectivity index (χ3n) is 4.26. The second-order valence-electron chi connectivity index (χ2n) is 6.53. The van der Waals surface area contributed by atoms with Crippen molar-refractivity contribution in [1.29, 1.82) is 0 Å². The van der Waals surface area contributed by atoms with Gasteiger partial charge in [0, 0.05) is 13.1 Å². The molecular formula is C19H27NO3. The van der Waals surface area contributed by atoms with Crippen molar-refractivity contribution in [3.05, 3.63) is 35.9 Å². The highest BCUT2D eigenvalue weighted by atomic mass is 16.5. The van der Waals surface area contributed by atoms with E-state index in [2.05, 4.69) is 26.0 Å². The summed E-state index contributed by atoms with van der Waals surface area (Å²) < 4.78 is 5.09. The van der Waals surface area contributed by atoms with Crippen LogP contribution in [0.25, 0.3) is 0 Å². The number of likely N-dealkylation sites (tertiary alicyclic amines) is 1. The lowest BCUT2D eigenvalue weighted by Crippen LogP contribution is -2.39. The maximum Gasteiger partial charge on any atom is 0.226 e. The van der Waals surface area contributed by atoms with Crippen LogP contribution < -0.4 is 4.74 Å². The summed E-state index contributed by atoms with van der Waals surface area (Å²) >= 11 is 0. The lowest BCUT2D eigenvalue weighted by molar-refractivity contribution is -0.131. The molecule has 0 unspecified atom stereocenters. The van der Waals surface area contributed by atoms with Gasteiger partial charge in [0.25, 0.3) is 0 Å². The molecule has 1 N–H and O–H groups in total. The molecule has 0 spiro atoms. The molecule has 1 heterocycles. The predicted molar refractivity (Wildman–Crippen MR) is 91.6 cm³/mol. The molecule has 0 aliphatic carbocycles. The van der Waals surface area contributed by atoms with E-state index in [1.54, 1.807) is 18.2 Å². The number of ether oxygens (including phenoxy) is 1. The van der Waals surface area contributed by atoms with Crippen LogP contribution in [0.4, 0.5) is 0 Å². The monoisotopic (exact) mass is 317 g/mol. The van der Waals surface area contributed by atoms with Gasteiger partial charge in [0.2, 0.25) is 5.91 Å². The summed E-state index contributed by atoms with van der Waals surface area (Å²) in [5, 5.41) is 9.61. The van der Waals surface area contributed by atoms with E-state index < -0.39 is 0 Å². The predicted octanol–water partition coefficient (Wildman–Crippen LogP) is 3.39. The fraction of sp³-hybridized carbons (Fsp3) is 0.526. The Morgan fingerprint density at radius 1 is 1.39 bits per heavy atom. The van der Waals surface area contributed by atoms with Gasteiger partial charge >= 0.3 is 0 Å². The fourth-order valence-corrected chi connectivity index (χ4v) is 2.84. The van der Waals surface area contributed by atoms with Gasteiger partial charge in [0.05, 0.1) is 13.5 Å². The van der Waals surface area contributed by atoms with E-state index in [1.165, 1.54) is 7.11 Å². The molecule has 1 fully saturated rings. The lowest BCUT2D eigenvalue weighted by atomic mass is 9.95. The summed E-state index contributed by atoms with van der Waals surface area (Å²) in [7, 11) is 1.51. The minimum atomic E-state index is 0.0986. The smallest absolute Gasteiger partial charge is 0.226 e. The number of methoxy groups -OCH3 is 1. The number of amides is 1. The summed E-state index contributed by atoms with van der Waals surface area (Å²) in [6.07, 6.45) is 6.98. The minimum Gasteiger partial charge on any atom is -0.504 e. The molecule has 0 atom stereocenters. The topological polar surface area (TPSA) is 49.8 Å². The van der Waals surface area contributed by atoms with Crippen molar-refractivity contribution in [2.45, 2.75) is 33.1 Å². The molecule has 0 radical (unpaired) electrons. The summed E-state index contributed by atoms with van der Waals surface area (Å²) in [5.74, 6) is 1.83. The highest BCUT2D eigenvalue weighted by Gasteiger charge is 2.21. The van der Waals surface area contributed by atoms with Gasteiger partial charge in [-0.2, -0.15) is 0 Å². The van der Waals surface area contributed by atoms with Crippen LogP contribution in [-0.4, -0.2) is 36.1 Å². The molecule has 0 bridgehead atoms. The van der Waals surface area contributed by atoms with Crippen molar-refractivity contribution in [2.24, 2.45) is 11.8 Å². The van der Waals surface area contributed by atoms with Crippen LogP contribution in [-0.2, 0) is 11.2 Å². The summed E-state index contributed by atoms with van der Waals surface area (Å²) in [5.41, 5.74) is 0.867. The Morgan fingerprint density at radius 3 is 2.70 bits per heavy atom. The zero-order valence-electron chi connectivity index (χ0n) is 14.3. The van der Waals surface area contributed by atoms with E-state index >= 15 is 0 Å². The number of hydrogen-bond donors (Lipinski definition) is 1. The van der Waals surface area contributed by atoms with Gasteiger partial charge in [-0.05, 0) is 42.4 Å². The van der Waals surface area contributed by atoms with Crippen molar-refractivity contribution >= 4 is 5.91 Å². The molecule has 1 saturated heterocycles. The molecule has 1 aliphatic heterocycles. The van der Waals surface area contributed by atoms with E-state index in [0.29, 0.717) is 24.0 Å². The molecule has 0 aromatic heterocycles. The van der Waals surface area contributed by atoms with Gasteiger partial charge in [-0.15, -0.1) is 0 Å². The van der Waals surface area contributed by atoms with E-state index in [4.69, 9.17) is 4.74 Å². The highest BCUT2D eigenvalue weighted by Crippen LogP contribution is 2.27.